The minimum Gasteiger partial charge on any atom is -0.496 e. The number of ether oxygens (including phenoxy) is 1. The van der Waals surface area contributed by atoms with E-state index in [2.05, 4.69) is 5.32 Å². The van der Waals surface area contributed by atoms with E-state index in [1.54, 1.807) is 0 Å². The summed E-state index contributed by atoms with van der Waals surface area (Å²) in [6.07, 6.45) is 0. The van der Waals surface area contributed by atoms with Gasteiger partial charge in [-0.05, 0) is 37.3 Å². The quantitative estimate of drug-likeness (QED) is 0.824. The van der Waals surface area contributed by atoms with Gasteiger partial charge in [0.15, 0.2) is 0 Å². The summed E-state index contributed by atoms with van der Waals surface area (Å²) in [5, 5.41) is 2.59. The lowest BCUT2D eigenvalue weighted by molar-refractivity contribution is -0.131. The summed E-state index contributed by atoms with van der Waals surface area (Å²) in [7, 11) is 1.41. The van der Waals surface area contributed by atoms with Gasteiger partial charge in [-0.25, -0.2) is 13.6 Å². The third kappa shape index (κ3) is 2.99. The van der Waals surface area contributed by atoms with Crippen LogP contribution in [0.25, 0.3) is 0 Å². The Bertz CT molecular complexity index is 906. The molecular weight excluding hydrogens is 366 g/mol. The average Bonchev–Trinajstić information content (AvgIpc) is 2.79. The number of nitrogens with one attached hydrogen (secondary N) is 1. The first-order valence-electron chi connectivity index (χ1n) is 7.68. The first kappa shape index (κ1) is 18.1. The molecule has 136 valence electrons. The van der Waals surface area contributed by atoms with Gasteiger partial charge >= 0.3 is 6.03 Å². The second-order valence-corrected chi connectivity index (χ2v) is 6.43. The molecule has 0 saturated carbocycles. The Morgan fingerprint density at radius 3 is 2.46 bits per heavy atom. The normalized spacial score (nSPS) is 19.7. The van der Waals surface area contributed by atoms with E-state index in [9.17, 15) is 18.4 Å². The number of benzene rings is 2. The standard InChI is InChI=1S/C18H15ClF2N2O3/c1-18(13-5-3-12(21)8-14(13)19)16(24)23(17(25)22-18)9-10-7-11(20)4-6-15(10)26-2/h3-8H,9H2,1-2H3,(H,22,25). The van der Waals surface area contributed by atoms with Gasteiger partial charge in [-0.15, -0.1) is 0 Å². The number of methoxy groups -OCH3 is 1. The van der Waals surface area contributed by atoms with Gasteiger partial charge in [-0.3, -0.25) is 9.69 Å². The molecule has 0 aromatic heterocycles. The summed E-state index contributed by atoms with van der Waals surface area (Å²) < 4.78 is 32.0. The summed E-state index contributed by atoms with van der Waals surface area (Å²) in [5.41, 5.74) is -0.847. The number of halogens is 3. The fraction of sp³-hybridized carbons (Fsp3) is 0.222. The van der Waals surface area contributed by atoms with E-state index < -0.39 is 29.1 Å². The third-order valence-corrected chi connectivity index (χ3v) is 4.63. The fourth-order valence-electron chi connectivity index (χ4n) is 2.96. The number of hydrogen-bond acceptors (Lipinski definition) is 3. The number of urea groups is 1. The van der Waals surface area contributed by atoms with Gasteiger partial charge in [0.05, 0.1) is 13.7 Å². The third-order valence-electron chi connectivity index (χ3n) is 4.32. The first-order valence-corrected chi connectivity index (χ1v) is 8.06. The van der Waals surface area contributed by atoms with Gasteiger partial charge in [-0.1, -0.05) is 17.7 Å². The molecule has 5 nitrogen and oxygen atoms in total. The minimum atomic E-state index is -1.46. The lowest BCUT2D eigenvalue weighted by atomic mass is 9.92. The Morgan fingerprint density at radius 2 is 1.81 bits per heavy atom. The number of amides is 3. The van der Waals surface area contributed by atoms with Crippen LogP contribution in [0, 0.1) is 11.6 Å². The van der Waals surface area contributed by atoms with E-state index in [1.807, 2.05) is 0 Å². The maximum atomic E-state index is 13.5. The Balaban J connectivity index is 1.96. The van der Waals surface area contributed by atoms with Crippen LogP contribution in [0.1, 0.15) is 18.1 Å². The Morgan fingerprint density at radius 1 is 1.15 bits per heavy atom. The second-order valence-electron chi connectivity index (χ2n) is 6.03. The zero-order valence-electron chi connectivity index (χ0n) is 14.0. The van der Waals surface area contributed by atoms with Crippen LogP contribution in [-0.4, -0.2) is 23.9 Å². The van der Waals surface area contributed by atoms with Crippen LogP contribution < -0.4 is 10.1 Å². The molecule has 26 heavy (non-hydrogen) atoms. The number of hydrogen-bond donors (Lipinski definition) is 1. The lowest BCUT2D eigenvalue weighted by Crippen LogP contribution is -2.41. The predicted octanol–water partition coefficient (Wildman–Crippen LogP) is 3.59. The largest absolute Gasteiger partial charge is 0.496 e. The zero-order valence-corrected chi connectivity index (χ0v) is 14.7. The second kappa shape index (κ2) is 6.57. The monoisotopic (exact) mass is 380 g/mol. The lowest BCUT2D eigenvalue weighted by Gasteiger charge is -2.23. The zero-order chi connectivity index (χ0) is 19.1. The SMILES string of the molecule is COc1ccc(F)cc1CN1C(=O)NC(C)(c2ccc(F)cc2Cl)C1=O. The van der Waals surface area contributed by atoms with E-state index in [1.165, 1.54) is 38.3 Å². The van der Waals surface area contributed by atoms with Crippen LogP contribution in [0.5, 0.6) is 5.75 Å². The van der Waals surface area contributed by atoms with Crippen molar-refractivity contribution >= 4 is 23.5 Å². The minimum absolute atomic E-state index is 0.0198. The maximum Gasteiger partial charge on any atom is 0.325 e. The molecule has 8 heteroatoms. The summed E-state index contributed by atoms with van der Waals surface area (Å²) in [4.78, 5) is 26.2. The molecule has 1 heterocycles. The highest BCUT2D eigenvalue weighted by Crippen LogP contribution is 2.35. The van der Waals surface area contributed by atoms with Crippen molar-refractivity contribution in [2.75, 3.05) is 7.11 Å². The van der Waals surface area contributed by atoms with Crippen molar-refractivity contribution in [3.63, 3.8) is 0 Å². The van der Waals surface area contributed by atoms with E-state index in [0.29, 0.717) is 11.3 Å². The first-order chi connectivity index (χ1) is 12.3. The number of carbonyl (C=O) groups is 2. The highest BCUT2D eigenvalue weighted by Gasteiger charge is 2.50. The fourth-order valence-corrected chi connectivity index (χ4v) is 3.32. The van der Waals surface area contributed by atoms with E-state index in [0.717, 1.165) is 17.0 Å². The van der Waals surface area contributed by atoms with E-state index in [4.69, 9.17) is 16.3 Å². The van der Waals surface area contributed by atoms with Crippen LogP contribution in [0.2, 0.25) is 5.02 Å². The van der Waals surface area contributed by atoms with Crippen molar-refractivity contribution in [2.24, 2.45) is 0 Å². The Kier molecular flexibility index (Phi) is 4.58. The molecule has 1 aliphatic rings. The topological polar surface area (TPSA) is 58.6 Å². The number of carbonyl (C=O) groups excluding carboxylic acids is 2. The van der Waals surface area contributed by atoms with E-state index >= 15 is 0 Å². The van der Waals surface area contributed by atoms with Crippen molar-refractivity contribution in [2.45, 2.75) is 19.0 Å². The van der Waals surface area contributed by atoms with Crippen LogP contribution in [-0.2, 0) is 16.9 Å². The van der Waals surface area contributed by atoms with Crippen LogP contribution in [0.4, 0.5) is 13.6 Å². The Labute approximate surface area is 153 Å². The van der Waals surface area contributed by atoms with Crippen molar-refractivity contribution in [1.82, 2.24) is 10.2 Å². The summed E-state index contributed by atoms with van der Waals surface area (Å²) in [6.45, 7) is 1.30. The van der Waals surface area contributed by atoms with Gasteiger partial charge < -0.3 is 10.1 Å². The molecule has 1 N–H and O–H groups in total. The average molecular weight is 381 g/mol. The maximum absolute atomic E-state index is 13.5. The predicted molar refractivity (Wildman–Crippen MR) is 90.8 cm³/mol. The van der Waals surface area contributed by atoms with Crippen molar-refractivity contribution < 1.29 is 23.1 Å². The summed E-state index contributed by atoms with van der Waals surface area (Å²) in [5.74, 6) is -1.31. The van der Waals surface area contributed by atoms with Gasteiger partial charge in [0.25, 0.3) is 5.91 Å². The molecule has 1 saturated heterocycles. The number of rotatable bonds is 4. The molecule has 1 aliphatic heterocycles. The number of nitrogens with zero attached hydrogens (tertiary/aromatic N) is 1. The van der Waals surface area contributed by atoms with Crippen molar-refractivity contribution in [3.05, 3.63) is 64.2 Å². The highest BCUT2D eigenvalue weighted by molar-refractivity contribution is 6.32. The van der Waals surface area contributed by atoms with Gasteiger partial charge in [0, 0.05) is 16.1 Å². The smallest absolute Gasteiger partial charge is 0.325 e. The number of imide groups is 1. The van der Waals surface area contributed by atoms with Crippen molar-refractivity contribution in [1.29, 1.82) is 0 Å². The molecule has 2 aromatic rings. The van der Waals surface area contributed by atoms with E-state index in [-0.39, 0.29) is 17.1 Å². The van der Waals surface area contributed by atoms with Crippen LogP contribution in [0.15, 0.2) is 36.4 Å². The summed E-state index contributed by atoms with van der Waals surface area (Å²) >= 11 is 6.06. The molecule has 3 amide bonds. The molecule has 2 aromatic carbocycles. The molecule has 3 rings (SSSR count). The molecule has 1 fully saturated rings. The molecule has 0 spiro atoms. The highest BCUT2D eigenvalue weighted by atomic mass is 35.5. The van der Waals surface area contributed by atoms with Crippen LogP contribution in [0.3, 0.4) is 0 Å². The van der Waals surface area contributed by atoms with Gasteiger partial charge in [-0.2, -0.15) is 0 Å². The molecule has 1 atom stereocenters. The molecular formula is C18H15ClF2N2O3. The molecule has 0 aliphatic carbocycles. The van der Waals surface area contributed by atoms with Gasteiger partial charge in [0.2, 0.25) is 0 Å². The van der Waals surface area contributed by atoms with Gasteiger partial charge in [0.1, 0.15) is 22.9 Å². The molecule has 1 unspecified atom stereocenters. The summed E-state index contributed by atoms with van der Waals surface area (Å²) in [6, 6.07) is 6.74. The molecule has 0 bridgehead atoms. The van der Waals surface area contributed by atoms with Crippen molar-refractivity contribution in [3.8, 4) is 5.75 Å². The molecule has 0 radical (unpaired) electrons. The Hall–Kier alpha value is -2.67. The van der Waals surface area contributed by atoms with Crippen LogP contribution >= 0.6 is 11.6 Å².